The van der Waals surface area contributed by atoms with Crippen molar-refractivity contribution in [3.8, 4) is 0 Å². The quantitative estimate of drug-likeness (QED) is 0.151. The zero-order chi connectivity index (χ0) is 31.8. The topological polar surface area (TPSA) is 184 Å². The van der Waals surface area contributed by atoms with Crippen molar-refractivity contribution in [3.63, 3.8) is 0 Å². The summed E-state index contributed by atoms with van der Waals surface area (Å²) in [6.07, 6.45) is -0.874. The van der Waals surface area contributed by atoms with E-state index in [2.05, 4.69) is 21.1 Å². The Morgan fingerprint density at radius 2 is 1.56 bits per heavy atom. The molecular weight excluding hydrogens is 562 g/mol. The first kappa shape index (κ1) is 33.1. The lowest BCUT2D eigenvalue weighted by molar-refractivity contribution is -0.140. The van der Waals surface area contributed by atoms with Crippen LogP contribution in [-0.4, -0.2) is 82.3 Å². The Hall–Kier alpha value is -4.40. The van der Waals surface area contributed by atoms with E-state index in [4.69, 9.17) is 24.6 Å². The average molecular weight is 604 g/mol. The van der Waals surface area contributed by atoms with Crippen LogP contribution in [0.3, 0.4) is 0 Å². The van der Waals surface area contributed by atoms with Crippen LogP contribution in [0.15, 0.2) is 35.5 Å². The maximum Gasteiger partial charge on any atom is 0.414 e. The number of benzene rings is 1. The Balaban J connectivity index is 1.48. The van der Waals surface area contributed by atoms with Gasteiger partial charge in [0.1, 0.15) is 30.3 Å². The fourth-order valence-corrected chi connectivity index (χ4v) is 4.24. The first-order valence-electron chi connectivity index (χ1n) is 14.0. The summed E-state index contributed by atoms with van der Waals surface area (Å²) in [7, 11) is 0. The Bertz CT molecular complexity index is 1180. The number of hydroxylamine groups is 2. The van der Waals surface area contributed by atoms with Crippen molar-refractivity contribution >= 4 is 35.9 Å². The SMILES string of the molecule is CC(C)(C)OC(=O)NC(=NOCCC(=O)NC(=N)[C@@H]1CC[C@@H]2CN1C(=O)N2OCc1ccccc1)NC(=O)OC(C)(C)C. The molecule has 2 atom stereocenters. The van der Waals surface area contributed by atoms with Gasteiger partial charge in [-0.1, -0.05) is 30.3 Å². The van der Waals surface area contributed by atoms with Gasteiger partial charge in [-0.25, -0.2) is 14.4 Å². The summed E-state index contributed by atoms with van der Waals surface area (Å²) in [5.41, 5.74) is -0.684. The third-order valence-electron chi connectivity index (χ3n) is 5.96. The van der Waals surface area contributed by atoms with Crippen LogP contribution in [-0.2, 0) is 30.6 Å². The molecule has 5 amide bonds. The molecule has 3 rings (SSSR count). The number of hydrogen-bond acceptors (Lipinski definition) is 10. The van der Waals surface area contributed by atoms with Gasteiger partial charge in [0.15, 0.2) is 0 Å². The van der Waals surface area contributed by atoms with Gasteiger partial charge in [-0.2, -0.15) is 5.06 Å². The number of oxime groups is 1. The van der Waals surface area contributed by atoms with Gasteiger partial charge in [0.2, 0.25) is 5.91 Å². The zero-order valence-corrected chi connectivity index (χ0v) is 25.4. The normalized spacial score (nSPS) is 18.0. The highest BCUT2D eigenvalue weighted by Gasteiger charge is 2.47. The van der Waals surface area contributed by atoms with E-state index < -0.39 is 41.3 Å². The molecule has 4 N–H and O–H groups in total. The molecular formula is C28H41N7O8. The number of fused-ring (bicyclic) bond motifs is 2. The highest BCUT2D eigenvalue weighted by Crippen LogP contribution is 2.30. The fraction of sp³-hybridized carbons (Fsp3) is 0.571. The molecule has 1 aromatic rings. The molecule has 0 aromatic heterocycles. The number of rotatable bonds is 8. The number of carbonyl (C=O) groups is 4. The van der Waals surface area contributed by atoms with Crippen molar-refractivity contribution in [1.29, 1.82) is 5.41 Å². The second-order valence-electron chi connectivity index (χ2n) is 12.0. The van der Waals surface area contributed by atoms with Crippen molar-refractivity contribution in [3.05, 3.63) is 35.9 Å². The molecule has 2 aliphatic rings. The summed E-state index contributed by atoms with van der Waals surface area (Å²) >= 11 is 0. The van der Waals surface area contributed by atoms with Crippen LogP contribution in [0.2, 0.25) is 0 Å². The highest BCUT2D eigenvalue weighted by molar-refractivity contribution is 6.02. The number of alkyl carbamates (subject to hydrolysis) is 2. The van der Waals surface area contributed by atoms with Crippen LogP contribution in [0.25, 0.3) is 0 Å². The predicted octanol–water partition coefficient (Wildman–Crippen LogP) is 3.21. The van der Waals surface area contributed by atoms with Crippen LogP contribution in [0, 0.1) is 5.41 Å². The van der Waals surface area contributed by atoms with Gasteiger partial charge in [0, 0.05) is 6.54 Å². The number of ether oxygens (including phenoxy) is 2. The number of urea groups is 1. The first-order valence-corrected chi connectivity index (χ1v) is 14.0. The average Bonchev–Trinajstić information content (AvgIpc) is 3.12. The van der Waals surface area contributed by atoms with Crippen LogP contribution in [0.1, 0.15) is 66.4 Å². The van der Waals surface area contributed by atoms with E-state index in [0.717, 1.165) is 5.56 Å². The molecule has 15 nitrogen and oxygen atoms in total. The predicted molar refractivity (Wildman–Crippen MR) is 155 cm³/mol. The first-order chi connectivity index (χ1) is 20.1. The molecule has 2 bridgehead atoms. The summed E-state index contributed by atoms with van der Waals surface area (Å²) in [5, 5.41) is 20.5. The minimum absolute atomic E-state index is 0.107. The molecule has 43 heavy (non-hydrogen) atoms. The van der Waals surface area contributed by atoms with E-state index in [0.29, 0.717) is 19.4 Å². The number of amides is 5. The summed E-state index contributed by atoms with van der Waals surface area (Å²) < 4.78 is 10.3. The molecule has 1 aromatic carbocycles. The third kappa shape index (κ3) is 10.7. The van der Waals surface area contributed by atoms with Gasteiger partial charge in [0.05, 0.1) is 18.5 Å². The van der Waals surface area contributed by atoms with Gasteiger partial charge in [-0.3, -0.25) is 25.7 Å². The van der Waals surface area contributed by atoms with Crippen molar-refractivity contribution in [2.45, 2.75) is 90.7 Å². The maximum atomic E-state index is 13.0. The van der Waals surface area contributed by atoms with Gasteiger partial charge < -0.3 is 24.5 Å². The van der Waals surface area contributed by atoms with Crippen LogP contribution >= 0.6 is 0 Å². The molecule has 2 heterocycles. The lowest BCUT2D eigenvalue weighted by Gasteiger charge is -2.30. The second kappa shape index (κ2) is 14.2. The Morgan fingerprint density at radius 1 is 0.953 bits per heavy atom. The maximum absolute atomic E-state index is 13.0. The monoisotopic (exact) mass is 603 g/mol. The van der Waals surface area contributed by atoms with E-state index in [1.807, 2.05) is 30.3 Å². The summed E-state index contributed by atoms with van der Waals surface area (Å²) in [4.78, 5) is 62.3. The standard InChI is InChI=1S/C28H41N7O8/c1-27(2,3)42-24(37)31-23(32-25(38)43-28(4,5)6)33-40-15-14-21(36)30-22(29)20-13-12-19-16-34(20)26(39)35(19)41-17-18-10-8-7-9-11-18/h7-11,19-20H,12-17H2,1-6H3,(H2,29,30,36)(H2,31,32,33,37,38)/t19-,20+/m1/s1. The Kier molecular flexibility index (Phi) is 10.9. The number of carbonyl (C=O) groups excluding carboxylic acids is 4. The van der Waals surface area contributed by atoms with Crippen molar-refractivity contribution < 1.29 is 38.3 Å². The van der Waals surface area contributed by atoms with E-state index in [-0.39, 0.29) is 37.5 Å². The molecule has 0 aliphatic carbocycles. The number of amidine groups is 1. The number of nitrogens with zero attached hydrogens (tertiary/aromatic N) is 3. The Labute approximate surface area is 250 Å². The van der Waals surface area contributed by atoms with Crippen LogP contribution in [0.4, 0.5) is 14.4 Å². The molecule has 0 radical (unpaired) electrons. The summed E-state index contributed by atoms with van der Waals surface area (Å²) in [6, 6.07) is 8.44. The fourth-order valence-electron chi connectivity index (χ4n) is 4.24. The smallest absolute Gasteiger partial charge is 0.414 e. The van der Waals surface area contributed by atoms with Crippen molar-refractivity contribution in [1.82, 2.24) is 25.9 Å². The van der Waals surface area contributed by atoms with Gasteiger partial charge >= 0.3 is 18.2 Å². The Morgan fingerprint density at radius 3 is 2.14 bits per heavy atom. The molecule has 2 saturated heterocycles. The van der Waals surface area contributed by atoms with Crippen molar-refractivity contribution in [2.24, 2.45) is 5.16 Å². The summed E-state index contributed by atoms with van der Waals surface area (Å²) in [6.45, 7) is 10.4. The van der Waals surface area contributed by atoms with E-state index in [9.17, 15) is 19.2 Å². The lowest BCUT2D eigenvalue weighted by atomic mass is 10.00. The van der Waals surface area contributed by atoms with E-state index in [1.54, 1.807) is 41.5 Å². The van der Waals surface area contributed by atoms with E-state index >= 15 is 0 Å². The van der Waals surface area contributed by atoms with E-state index in [1.165, 1.54) is 9.96 Å². The molecule has 2 fully saturated rings. The largest absolute Gasteiger partial charge is 0.444 e. The third-order valence-corrected chi connectivity index (χ3v) is 5.96. The van der Waals surface area contributed by atoms with Crippen LogP contribution < -0.4 is 16.0 Å². The van der Waals surface area contributed by atoms with Crippen molar-refractivity contribution in [2.75, 3.05) is 13.2 Å². The second-order valence-corrected chi connectivity index (χ2v) is 12.0. The minimum atomic E-state index is -0.896. The number of guanidine groups is 1. The number of nitrogens with one attached hydrogen (secondary N) is 4. The number of piperidine rings is 1. The molecule has 0 spiro atoms. The molecule has 0 saturated carbocycles. The molecule has 2 aliphatic heterocycles. The molecule has 236 valence electrons. The van der Waals surface area contributed by atoms with Crippen LogP contribution in [0.5, 0.6) is 0 Å². The van der Waals surface area contributed by atoms with Gasteiger partial charge in [0.25, 0.3) is 5.96 Å². The highest BCUT2D eigenvalue weighted by atomic mass is 16.7. The zero-order valence-electron chi connectivity index (χ0n) is 25.4. The van der Waals surface area contributed by atoms with Gasteiger partial charge in [-0.15, -0.1) is 0 Å². The number of hydrogen-bond donors (Lipinski definition) is 4. The van der Waals surface area contributed by atoms with Gasteiger partial charge in [-0.05, 0) is 65.1 Å². The lowest BCUT2D eigenvalue weighted by Crippen LogP contribution is -2.50. The molecule has 15 heteroatoms. The molecule has 0 unspecified atom stereocenters. The summed E-state index contributed by atoms with van der Waals surface area (Å²) in [5.74, 6) is -1.04. The minimum Gasteiger partial charge on any atom is -0.444 e.